The second-order valence-corrected chi connectivity index (χ2v) is 4.44. The van der Waals surface area contributed by atoms with Crippen LogP contribution in [-0.4, -0.2) is 25.5 Å². The Hall–Kier alpha value is -1.42. The van der Waals surface area contributed by atoms with Crippen LogP contribution in [-0.2, 0) is 0 Å². The summed E-state index contributed by atoms with van der Waals surface area (Å²) in [6, 6.07) is 4.73. The third-order valence-corrected chi connectivity index (χ3v) is 3.53. The van der Waals surface area contributed by atoms with Gasteiger partial charge in [0.2, 0.25) is 0 Å². The summed E-state index contributed by atoms with van der Waals surface area (Å²) >= 11 is 0. The van der Waals surface area contributed by atoms with Crippen LogP contribution in [0.2, 0.25) is 0 Å². The van der Waals surface area contributed by atoms with Gasteiger partial charge in [-0.25, -0.2) is 4.39 Å². The molecule has 2 heterocycles. The maximum atomic E-state index is 13.9. The molecule has 2 aliphatic heterocycles. The van der Waals surface area contributed by atoms with E-state index < -0.39 is 0 Å². The van der Waals surface area contributed by atoms with E-state index in [9.17, 15) is 9.18 Å². The van der Waals surface area contributed by atoms with Crippen molar-refractivity contribution in [1.82, 2.24) is 10.6 Å². The Balaban J connectivity index is 2.17. The second-order valence-electron chi connectivity index (χ2n) is 4.44. The third kappa shape index (κ3) is 1.33. The summed E-state index contributed by atoms with van der Waals surface area (Å²) in [5.41, 5.74) is 1.09. The Bertz CT molecular complexity index is 447. The monoisotopic (exact) mass is 220 g/mol. The minimum atomic E-state index is -0.256. The molecule has 1 aromatic rings. The highest BCUT2D eigenvalue weighted by molar-refractivity contribution is 5.96. The molecule has 0 unspecified atom stereocenters. The molecule has 1 fully saturated rings. The molecule has 0 bridgehead atoms. The van der Waals surface area contributed by atoms with Crippen molar-refractivity contribution in [2.45, 2.75) is 5.92 Å². The molecule has 1 saturated heterocycles. The predicted octanol–water partition coefficient (Wildman–Crippen LogP) is 0.872. The third-order valence-electron chi connectivity index (χ3n) is 3.53. The fourth-order valence-electron chi connectivity index (χ4n) is 2.72. The van der Waals surface area contributed by atoms with Crippen LogP contribution in [0, 0.1) is 11.7 Å². The first-order valence-electron chi connectivity index (χ1n) is 5.54. The Morgan fingerprint density at radius 3 is 3.00 bits per heavy atom. The van der Waals surface area contributed by atoms with E-state index in [-0.39, 0.29) is 17.6 Å². The quantitative estimate of drug-likeness (QED) is 0.681. The van der Waals surface area contributed by atoms with Gasteiger partial charge < -0.3 is 10.6 Å². The van der Waals surface area contributed by atoms with E-state index in [0.717, 1.165) is 13.1 Å². The van der Waals surface area contributed by atoms with E-state index in [4.69, 9.17) is 0 Å². The van der Waals surface area contributed by atoms with Crippen molar-refractivity contribution in [1.29, 1.82) is 0 Å². The first-order valence-corrected chi connectivity index (χ1v) is 5.54. The summed E-state index contributed by atoms with van der Waals surface area (Å²) in [6.07, 6.45) is 0. The van der Waals surface area contributed by atoms with Crippen molar-refractivity contribution in [3.05, 3.63) is 35.1 Å². The van der Waals surface area contributed by atoms with Gasteiger partial charge in [0, 0.05) is 36.7 Å². The summed E-state index contributed by atoms with van der Waals surface area (Å²) in [5, 5.41) is 6.11. The van der Waals surface area contributed by atoms with Crippen molar-refractivity contribution in [3.63, 3.8) is 0 Å². The number of fused-ring (bicyclic) bond motifs is 3. The smallest absolute Gasteiger partial charge is 0.251 e. The van der Waals surface area contributed by atoms with E-state index in [0.29, 0.717) is 23.6 Å². The average Bonchev–Trinajstić information content (AvgIpc) is 2.68. The lowest BCUT2D eigenvalue weighted by atomic mass is 9.87. The normalized spacial score (nSPS) is 27.9. The van der Waals surface area contributed by atoms with Gasteiger partial charge in [0.05, 0.1) is 0 Å². The first-order chi connectivity index (χ1) is 7.77. The lowest BCUT2D eigenvalue weighted by molar-refractivity contribution is 0.0952. The number of rotatable bonds is 0. The molecule has 16 heavy (non-hydrogen) atoms. The summed E-state index contributed by atoms with van der Waals surface area (Å²) in [5.74, 6) is 0.0226. The summed E-state index contributed by atoms with van der Waals surface area (Å²) in [6.45, 7) is 2.23. The zero-order valence-electron chi connectivity index (χ0n) is 8.79. The van der Waals surface area contributed by atoms with Gasteiger partial charge >= 0.3 is 0 Å². The van der Waals surface area contributed by atoms with E-state index in [1.165, 1.54) is 6.07 Å². The molecule has 84 valence electrons. The maximum Gasteiger partial charge on any atom is 0.251 e. The molecule has 0 spiro atoms. The van der Waals surface area contributed by atoms with Crippen LogP contribution in [0.3, 0.4) is 0 Å². The molecule has 0 radical (unpaired) electrons. The molecule has 0 saturated carbocycles. The molecular formula is C12H13FN2O. The van der Waals surface area contributed by atoms with Crippen LogP contribution in [0.25, 0.3) is 0 Å². The van der Waals surface area contributed by atoms with Gasteiger partial charge in [-0.15, -0.1) is 0 Å². The van der Waals surface area contributed by atoms with Crippen LogP contribution in [0.4, 0.5) is 4.39 Å². The highest BCUT2D eigenvalue weighted by Crippen LogP contribution is 2.33. The summed E-state index contributed by atoms with van der Waals surface area (Å²) < 4.78 is 13.9. The second kappa shape index (κ2) is 3.56. The van der Waals surface area contributed by atoms with Crippen molar-refractivity contribution < 1.29 is 9.18 Å². The molecule has 1 aromatic carbocycles. The zero-order valence-corrected chi connectivity index (χ0v) is 8.79. The Morgan fingerprint density at radius 2 is 2.12 bits per heavy atom. The lowest BCUT2D eigenvalue weighted by Crippen LogP contribution is -2.28. The van der Waals surface area contributed by atoms with E-state index in [1.807, 2.05) is 0 Å². The number of carbonyl (C=O) groups excluding carboxylic acids is 1. The summed E-state index contributed by atoms with van der Waals surface area (Å²) in [4.78, 5) is 11.8. The van der Waals surface area contributed by atoms with E-state index in [1.54, 1.807) is 12.1 Å². The topological polar surface area (TPSA) is 41.1 Å². The molecule has 2 N–H and O–H groups in total. The van der Waals surface area contributed by atoms with Crippen LogP contribution < -0.4 is 10.6 Å². The van der Waals surface area contributed by atoms with Crippen molar-refractivity contribution in [3.8, 4) is 0 Å². The van der Waals surface area contributed by atoms with Crippen molar-refractivity contribution in [2.75, 3.05) is 19.6 Å². The fraction of sp³-hybridized carbons (Fsp3) is 0.417. The zero-order chi connectivity index (χ0) is 11.1. The molecule has 0 aromatic heterocycles. The lowest BCUT2D eigenvalue weighted by Gasteiger charge is -2.16. The molecule has 3 rings (SSSR count). The number of carbonyl (C=O) groups is 1. The number of benzene rings is 1. The molecule has 4 heteroatoms. The summed E-state index contributed by atoms with van der Waals surface area (Å²) in [7, 11) is 0. The number of halogens is 1. The van der Waals surface area contributed by atoms with Crippen molar-refractivity contribution in [2.24, 2.45) is 5.92 Å². The minimum absolute atomic E-state index is 0.121. The Kier molecular flexibility index (Phi) is 2.17. The maximum absolute atomic E-state index is 13.9. The largest absolute Gasteiger partial charge is 0.352 e. The molecule has 1 amide bonds. The minimum Gasteiger partial charge on any atom is -0.352 e. The Morgan fingerprint density at radius 1 is 1.25 bits per heavy atom. The first kappa shape index (κ1) is 9.78. The molecule has 2 aliphatic rings. The number of hydrogen-bond acceptors (Lipinski definition) is 2. The molecule has 3 nitrogen and oxygen atoms in total. The standard InChI is InChI=1S/C12H13FN2O/c13-10-3-1-2-8-11(10)9-6-14-4-7(9)5-15-12(8)16/h1-3,7,9,14H,4-6H2,(H,15,16)/t7-,9+/m0/s1. The van der Waals surface area contributed by atoms with E-state index >= 15 is 0 Å². The van der Waals surface area contributed by atoms with Gasteiger partial charge in [0.15, 0.2) is 0 Å². The highest BCUT2D eigenvalue weighted by Gasteiger charge is 2.35. The van der Waals surface area contributed by atoms with Crippen molar-refractivity contribution >= 4 is 5.91 Å². The van der Waals surface area contributed by atoms with Crippen LogP contribution in [0.1, 0.15) is 21.8 Å². The average molecular weight is 220 g/mol. The van der Waals surface area contributed by atoms with Gasteiger partial charge in [-0.2, -0.15) is 0 Å². The van der Waals surface area contributed by atoms with Gasteiger partial charge in [-0.1, -0.05) is 6.07 Å². The van der Waals surface area contributed by atoms with Crippen LogP contribution in [0.15, 0.2) is 18.2 Å². The number of amides is 1. The number of hydrogen-bond donors (Lipinski definition) is 2. The molecular weight excluding hydrogens is 207 g/mol. The van der Waals surface area contributed by atoms with Crippen LogP contribution >= 0.6 is 0 Å². The van der Waals surface area contributed by atoms with Gasteiger partial charge in [-0.3, -0.25) is 4.79 Å². The van der Waals surface area contributed by atoms with Gasteiger partial charge in [0.1, 0.15) is 5.82 Å². The molecule has 2 atom stereocenters. The number of nitrogens with one attached hydrogen (secondary N) is 2. The predicted molar refractivity (Wildman–Crippen MR) is 57.8 cm³/mol. The highest BCUT2D eigenvalue weighted by atomic mass is 19.1. The van der Waals surface area contributed by atoms with Gasteiger partial charge in [0.25, 0.3) is 5.91 Å². The molecule has 0 aliphatic carbocycles. The van der Waals surface area contributed by atoms with Gasteiger partial charge in [-0.05, 0) is 18.1 Å². The van der Waals surface area contributed by atoms with Crippen LogP contribution in [0.5, 0.6) is 0 Å². The van der Waals surface area contributed by atoms with E-state index in [2.05, 4.69) is 10.6 Å². The fourth-order valence-corrected chi connectivity index (χ4v) is 2.72. The Labute approximate surface area is 93.0 Å². The SMILES string of the molecule is O=C1NC[C@@H]2CNC[C@H]2c2c(F)cccc21.